The fourth-order valence-corrected chi connectivity index (χ4v) is 4.48. The molecule has 3 heterocycles. The molecule has 0 spiro atoms. The molecule has 1 aromatic heterocycles. The number of likely N-dealkylation sites (tertiary alicyclic amines) is 1. The number of nitrogens with zero attached hydrogens (tertiary/aromatic N) is 5. The van der Waals surface area contributed by atoms with Crippen molar-refractivity contribution in [3.05, 3.63) is 11.6 Å². The van der Waals surface area contributed by atoms with Gasteiger partial charge in [-0.3, -0.25) is 0 Å². The number of allylic oxidation sites excluding steroid dienone is 1. The van der Waals surface area contributed by atoms with Crippen molar-refractivity contribution in [1.82, 2.24) is 19.9 Å². The molecule has 3 aliphatic rings. The molecule has 182 valence electrons. The molecule has 0 unspecified atom stereocenters. The minimum Gasteiger partial charge on any atom is -0.450 e. The summed E-state index contributed by atoms with van der Waals surface area (Å²) < 4.78 is 10.6. The van der Waals surface area contributed by atoms with E-state index in [4.69, 9.17) is 19.4 Å². The van der Waals surface area contributed by atoms with Crippen LogP contribution in [0.4, 0.5) is 22.6 Å². The van der Waals surface area contributed by atoms with Gasteiger partial charge in [-0.25, -0.2) is 4.79 Å². The Morgan fingerprint density at radius 2 is 1.91 bits per heavy atom. The zero-order valence-corrected chi connectivity index (χ0v) is 19.7. The second kappa shape index (κ2) is 12.0. The van der Waals surface area contributed by atoms with E-state index in [1.165, 1.54) is 31.3 Å². The molecule has 0 saturated carbocycles. The van der Waals surface area contributed by atoms with Crippen molar-refractivity contribution in [1.29, 1.82) is 0 Å². The fraction of sp³-hybridized carbons (Fsp3) is 0.739. The molecule has 2 fully saturated rings. The van der Waals surface area contributed by atoms with Gasteiger partial charge in [0.15, 0.2) is 0 Å². The second-order valence-corrected chi connectivity index (χ2v) is 8.77. The maximum absolute atomic E-state index is 12.0. The summed E-state index contributed by atoms with van der Waals surface area (Å²) in [6.07, 6.45) is 9.83. The third-order valence-electron chi connectivity index (χ3n) is 6.39. The Morgan fingerprint density at radius 1 is 1.12 bits per heavy atom. The van der Waals surface area contributed by atoms with Crippen LogP contribution in [0.3, 0.4) is 0 Å². The van der Waals surface area contributed by atoms with E-state index >= 15 is 0 Å². The van der Waals surface area contributed by atoms with Crippen LogP contribution in [0.2, 0.25) is 0 Å². The number of nitrogens with one attached hydrogen (secondary N) is 2. The first kappa shape index (κ1) is 23.5. The van der Waals surface area contributed by atoms with Crippen molar-refractivity contribution in [3.8, 4) is 0 Å². The van der Waals surface area contributed by atoms with E-state index in [2.05, 4.69) is 26.6 Å². The molecule has 0 bridgehead atoms. The largest absolute Gasteiger partial charge is 0.450 e. The number of ether oxygens (including phenoxy) is 2. The van der Waals surface area contributed by atoms with Crippen LogP contribution < -0.4 is 15.5 Å². The van der Waals surface area contributed by atoms with Crippen molar-refractivity contribution in [3.63, 3.8) is 0 Å². The first-order valence-corrected chi connectivity index (χ1v) is 12.4. The number of piperidine rings is 1. The van der Waals surface area contributed by atoms with E-state index in [9.17, 15) is 4.79 Å². The average molecular weight is 460 g/mol. The summed E-state index contributed by atoms with van der Waals surface area (Å²) in [5.41, 5.74) is 1.53. The lowest BCUT2D eigenvalue weighted by molar-refractivity contribution is 0.0983. The molecule has 10 nitrogen and oxygen atoms in total. The monoisotopic (exact) mass is 459 g/mol. The minimum absolute atomic E-state index is 0.205. The predicted molar refractivity (Wildman–Crippen MR) is 128 cm³/mol. The van der Waals surface area contributed by atoms with Crippen LogP contribution in [-0.2, 0) is 9.47 Å². The predicted octanol–water partition coefficient (Wildman–Crippen LogP) is 3.04. The summed E-state index contributed by atoms with van der Waals surface area (Å²) in [5.74, 6) is 1.87. The number of carbonyl (C=O) groups excluding carboxylic acids is 1. The third-order valence-corrected chi connectivity index (χ3v) is 6.39. The van der Waals surface area contributed by atoms with Crippen LogP contribution in [0, 0.1) is 0 Å². The molecule has 10 heteroatoms. The maximum atomic E-state index is 12.0. The first-order valence-electron chi connectivity index (χ1n) is 12.4. The summed E-state index contributed by atoms with van der Waals surface area (Å²) in [6, 6.07) is 0.205. The molecule has 1 amide bonds. The molecule has 1 aliphatic carbocycles. The van der Waals surface area contributed by atoms with E-state index in [1.54, 1.807) is 4.90 Å². The topological polar surface area (TPSA) is 105 Å². The summed E-state index contributed by atoms with van der Waals surface area (Å²) >= 11 is 0. The highest BCUT2D eigenvalue weighted by Crippen LogP contribution is 2.21. The molecule has 1 aromatic rings. The SMILES string of the molecule is CCOC(=O)N1CCC(Nc2nc(NCCC3=CCCCC3)nc(N3CCOCC3)n2)CC1. The fourth-order valence-electron chi connectivity index (χ4n) is 4.48. The molecule has 2 aliphatic heterocycles. The average Bonchev–Trinajstić information content (AvgIpc) is 2.86. The van der Waals surface area contributed by atoms with Gasteiger partial charge < -0.3 is 29.9 Å². The van der Waals surface area contributed by atoms with E-state index < -0.39 is 0 Å². The van der Waals surface area contributed by atoms with Gasteiger partial charge in [-0.05, 0) is 51.9 Å². The number of morpholine rings is 1. The number of amides is 1. The Labute approximate surface area is 196 Å². The lowest BCUT2D eigenvalue weighted by Gasteiger charge is -2.32. The molecule has 0 radical (unpaired) electrons. The molecule has 33 heavy (non-hydrogen) atoms. The Bertz CT molecular complexity index is 805. The van der Waals surface area contributed by atoms with Crippen molar-refractivity contribution in [2.75, 3.05) is 68.1 Å². The number of hydrogen-bond acceptors (Lipinski definition) is 9. The van der Waals surface area contributed by atoms with E-state index in [-0.39, 0.29) is 12.1 Å². The number of anilines is 3. The molecular weight excluding hydrogens is 422 g/mol. The van der Waals surface area contributed by atoms with Gasteiger partial charge in [-0.1, -0.05) is 11.6 Å². The number of hydrogen-bond donors (Lipinski definition) is 2. The third kappa shape index (κ3) is 6.93. The maximum Gasteiger partial charge on any atom is 0.409 e. The van der Waals surface area contributed by atoms with Crippen LogP contribution in [0.5, 0.6) is 0 Å². The zero-order chi connectivity index (χ0) is 22.9. The van der Waals surface area contributed by atoms with Gasteiger partial charge in [-0.15, -0.1) is 0 Å². The molecule has 2 saturated heterocycles. The van der Waals surface area contributed by atoms with Gasteiger partial charge in [0.25, 0.3) is 0 Å². The smallest absolute Gasteiger partial charge is 0.409 e. The van der Waals surface area contributed by atoms with Gasteiger partial charge >= 0.3 is 6.09 Å². The standard InChI is InChI=1S/C23H37N7O3/c1-2-33-23(31)30-12-9-19(10-13-30)25-21-26-20(24-11-8-18-6-4-3-5-7-18)27-22(28-21)29-14-16-32-17-15-29/h6,19H,2-5,7-17H2,1H3,(H2,24,25,26,27,28). The highest BCUT2D eigenvalue weighted by atomic mass is 16.6. The van der Waals surface area contributed by atoms with Crippen LogP contribution >= 0.6 is 0 Å². The van der Waals surface area contributed by atoms with E-state index in [1.807, 2.05) is 6.92 Å². The highest BCUT2D eigenvalue weighted by molar-refractivity contribution is 5.67. The molecule has 0 aromatic carbocycles. The van der Waals surface area contributed by atoms with E-state index in [0.29, 0.717) is 50.8 Å². The summed E-state index contributed by atoms with van der Waals surface area (Å²) in [4.78, 5) is 29.9. The first-order chi connectivity index (χ1) is 16.2. The Morgan fingerprint density at radius 3 is 2.64 bits per heavy atom. The molecular formula is C23H37N7O3. The normalized spacial score (nSPS) is 19.7. The second-order valence-electron chi connectivity index (χ2n) is 8.77. The molecule has 0 atom stereocenters. The van der Waals surface area contributed by atoms with Gasteiger partial charge in [-0.2, -0.15) is 15.0 Å². The lowest BCUT2D eigenvalue weighted by atomic mass is 9.97. The van der Waals surface area contributed by atoms with Crippen molar-refractivity contribution in [2.45, 2.75) is 57.9 Å². The number of aromatic nitrogens is 3. The Hall–Kier alpha value is -2.62. The molecule has 2 N–H and O–H groups in total. The molecule has 4 rings (SSSR count). The van der Waals surface area contributed by atoms with Crippen molar-refractivity contribution in [2.24, 2.45) is 0 Å². The minimum atomic E-state index is -0.231. The van der Waals surface area contributed by atoms with Crippen LogP contribution in [0.1, 0.15) is 51.9 Å². The van der Waals surface area contributed by atoms with Crippen LogP contribution in [-0.4, -0.2) is 84.5 Å². The van der Waals surface area contributed by atoms with Crippen molar-refractivity contribution < 1.29 is 14.3 Å². The number of rotatable bonds is 8. The van der Waals surface area contributed by atoms with Gasteiger partial charge in [0, 0.05) is 38.8 Å². The van der Waals surface area contributed by atoms with Gasteiger partial charge in [0.05, 0.1) is 19.8 Å². The van der Waals surface area contributed by atoms with Crippen molar-refractivity contribution >= 4 is 23.9 Å². The zero-order valence-electron chi connectivity index (χ0n) is 19.7. The van der Waals surface area contributed by atoms with Crippen LogP contribution in [0.25, 0.3) is 0 Å². The highest BCUT2D eigenvalue weighted by Gasteiger charge is 2.25. The number of carbonyl (C=O) groups is 1. The lowest BCUT2D eigenvalue weighted by Crippen LogP contribution is -2.43. The summed E-state index contributed by atoms with van der Waals surface area (Å²) in [5, 5.41) is 6.90. The van der Waals surface area contributed by atoms with Gasteiger partial charge in [0.1, 0.15) is 0 Å². The quantitative estimate of drug-likeness (QED) is 0.568. The Balaban J connectivity index is 1.38. The van der Waals surface area contributed by atoms with Gasteiger partial charge in [0.2, 0.25) is 17.8 Å². The summed E-state index contributed by atoms with van der Waals surface area (Å²) in [6.45, 7) is 7.28. The van der Waals surface area contributed by atoms with Crippen LogP contribution in [0.15, 0.2) is 11.6 Å². The summed E-state index contributed by atoms with van der Waals surface area (Å²) in [7, 11) is 0. The van der Waals surface area contributed by atoms with E-state index in [0.717, 1.165) is 38.9 Å². The Kier molecular flexibility index (Phi) is 8.57.